The van der Waals surface area contributed by atoms with Crippen LogP contribution in [-0.4, -0.2) is 32.6 Å². The molecule has 4 aromatic rings. The van der Waals surface area contributed by atoms with E-state index in [1.165, 1.54) is 24.5 Å². The monoisotopic (exact) mass is 472 g/mol. The molecule has 34 heavy (non-hydrogen) atoms. The van der Waals surface area contributed by atoms with Crippen molar-refractivity contribution in [3.05, 3.63) is 89.8 Å². The summed E-state index contributed by atoms with van der Waals surface area (Å²) in [5.41, 5.74) is 0.787. The van der Waals surface area contributed by atoms with Gasteiger partial charge < -0.3 is 15.2 Å². The van der Waals surface area contributed by atoms with E-state index in [0.717, 1.165) is 0 Å². The maximum absolute atomic E-state index is 14.5. The highest BCUT2D eigenvalue weighted by Crippen LogP contribution is 2.29. The second kappa shape index (κ2) is 9.65. The maximum Gasteiger partial charge on any atom is 0.471 e. The summed E-state index contributed by atoms with van der Waals surface area (Å²) in [6, 6.07) is 13.8. The van der Waals surface area contributed by atoms with Crippen LogP contribution in [0, 0.1) is 5.82 Å². The number of rotatable bonds is 7. The average molecular weight is 472 g/mol. The largest absolute Gasteiger partial charge is 0.471 e. The van der Waals surface area contributed by atoms with Crippen LogP contribution in [0.2, 0.25) is 0 Å². The molecule has 0 radical (unpaired) electrons. The van der Waals surface area contributed by atoms with E-state index in [2.05, 4.69) is 35.3 Å². The lowest BCUT2D eigenvalue weighted by Gasteiger charge is -2.20. The number of carbonyl (C=O) groups is 1. The van der Waals surface area contributed by atoms with Crippen LogP contribution >= 0.6 is 0 Å². The highest BCUT2D eigenvalue weighted by molar-refractivity contribution is 5.94. The van der Waals surface area contributed by atoms with Crippen molar-refractivity contribution in [1.29, 1.82) is 0 Å². The van der Waals surface area contributed by atoms with Crippen molar-refractivity contribution < 1.29 is 26.9 Å². The number of anilines is 1. The van der Waals surface area contributed by atoms with Crippen LogP contribution in [0.25, 0.3) is 11.4 Å². The normalized spacial score (nSPS) is 12.2. The Labute approximate surface area is 190 Å². The van der Waals surface area contributed by atoms with Crippen LogP contribution in [0.1, 0.15) is 27.9 Å². The fraction of sp³-hybridized carbons (Fsp3) is 0.136. The molecule has 0 aliphatic rings. The molecule has 1 amide bonds. The highest BCUT2D eigenvalue weighted by atomic mass is 19.4. The maximum atomic E-state index is 14.5. The molecule has 0 saturated heterocycles. The molecule has 1 atom stereocenters. The molecule has 2 N–H and O–H groups in total. The van der Waals surface area contributed by atoms with Crippen LogP contribution in [0.3, 0.4) is 0 Å². The summed E-state index contributed by atoms with van der Waals surface area (Å²) in [7, 11) is 0. The minimum absolute atomic E-state index is 0.000440. The molecule has 2 aromatic carbocycles. The first-order valence-corrected chi connectivity index (χ1v) is 9.89. The summed E-state index contributed by atoms with van der Waals surface area (Å²) < 4.78 is 56.6. The van der Waals surface area contributed by atoms with Crippen molar-refractivity contribution >= 4 is 11.9 Å². The third-order valence-corrected chi connectivity index (χ3v) is 4.67. The standard InChI is InChI=1S/C22H16F4N6O2/c23-16-9-5-4-8-15(16)17(12-27-19(33)13-6-2-1-3-7-13)30-21-28-10-14(11-29-21)18-31-20(34-32-18)22(24,25)26/h1-11,17H,12H2,(H,27,33)(H,28,29,30). The average Bonchev–Trinajstić information content (AvgIpc) is 3.34. The van der Waals surface area contributed by atoms with Gasteiger partial charge in [-0.3, -0.25) is 4.79 Å². The van der Waals surface area contributed by atoms with Crippen molar-refractivity contribution in [3.63, 3.8) is 0 Å². The van der Waals surface area contributed by atoms with Gasteiger partial charge in [-0.2, -0.15) is 18.2 Å². The molecule has 0 saturated carbocycles. The SMILES string of the molecule is O=C(NCC(Nc1ncc(-c2noc(C(F)(F)F)n2)cn1)c1ccccc1F)c1ccccc1. The summed E-state index contributed by atoms with van der Waals surface area (Å²) in [6.07, 6.45) is -2.38. The number of alkyl halides is 3. The van der Waals surface area contributed by atoms with E-state index in [-0.39, 0.29) is 35.4 Å². The Kier molecular flexibility index (Phi) is 6.48. The first-order valence-electron chi connectivity index (χ1n) is 9.89. The lowest BCUT2D eigenvalue weighted by atomic mass is 10.1. The Morgan fingerprint density at radius 1 is 1.00 bits per heavy atom. The zero-order valence-electron chi connectivity index (χ0n) is 17.3. The van der Waals surface area contributed by atoms with Crippen LogP contribution in [-0.2, 0) is 6.18 Å². The van der Waals surface area contributed by atoms with Gasteiger partial charge in [0.05, 0.1) is 11.6 Å². The van der Waals surface area contributed by atoms with Crippen LogP contribution in [0.15, 0.2) is 71.5 Å². The summed E-state index contributed by atoms with van der Waals surface area (Å²) in [5, 5.41) is 8.94. The number of hydrogen-bond donors (Lipinski definition) is 2. The van der Waals surface area contributed by atoms with E-state index in [9.17, 15) is 22.4 Å². The van der Waals surface area contributed by atoms with Gasteiger partial charge in [-0.25, -0.2) is 14.4 Å². The lowest BCUT2D eigenvalue weighted by molar-refractivity contribution is -0.159. The first kappa shape index (κ1) is 22.8. The van der Waals surface area contributed by atoms with E-state index in [4.69, 9.17) is 0 Å². The van der Waals surface area contributed by atoms with Gasteiger partial charge >= 0.3 is 12.1 Å². The van der Waals surface area contributed by atoms with Crippen molar-refractivity contribution in [2.24, 2.45) is 0 Å². The van der Waals surface area contributed by atoms with Crippen molar-refractivity contribution in [2.75, 3.05) is 11.9 Å². The number of benzene rings is 2. The number of amides is 1. The Morgan fingerprint density at radius 3 is 2.32 bits per heavy atom. The third kappa shape index (κ3) is 5.34. The van der Waals surface area contributed by atoms with E-state index >= 15 is 0 Å². The zero-order valence-corrected chi connectivity index (χ0v) is 17.3. The van der Waals surface area contributed by atoms with Crippen molar-refractivity contribution in [3.8, 4) is 11.4 Å². The van der Waals surface area contributed by atoms with Gasteiger partial charge in [-0.15, -0.1) is 0 Å². The molecule has 12 heteroatoms. The molecule has 0 bridgehead atoms. The smallest absolute Gasteiger partial charge is 0.350 e. The lowest BCUT2D eigenvalue weighted by Crippen LogP contribution is -2.32. The number of hydrogen-bond acceptors (Lipinski definition) is 7. The molecule has 0 aliphatic heterocycles. The summed E-state index contributed by atoms with van der Waals surface area (Å²) >= 11 is 0. The fourth-order valence-corrected chi connectivity index (χ4v) is 3.01. The van der Waals surface area contributed by atoms with Crippen LogP contribution in [0.4, 0.5) is 23.5 Å². The predicted molar refractivity (Wildman–Crippen MR) is 112 cm³/mol. The van der Waals surface area contributed by atoms with Gasteiger partial charge in [0.2, 0.25) is 11.8 Å². The van der Waals surface area contributed by atoms with Gasteiger partial charge in [0.25, 0.3) is 5.91 Å². The summed E-state index contributed by atoms with van der Waals surface area (Å²) in [4.78, 5) is 23.8. The van der Waals surface area contributed by atoms with Gasteiger partial charge in [-0.05, 0) is 18.2 Å². The fourth-order valence-electron chi connectivity index (χ4n) is 3.01. The molecule has 1 unspecified atom stereocenters. The van der Waals surface area contributed by atoms with E-state index in [1.54, 1.807) is 42.5 Å². The molecule has 8 nitrogen and oxygen atoms in total. The topological polar surface area (TPSA) is 106 Å². The van der Waals surface area contributed by atoms with E-state index in [1.807, 2.05) is 0 Å². The molecule has 2 aromatic heterocycles. The molecule has 2 heterocycles. The van der Waals surface area contributed by atoms with Gasteiger partial charge in [0, 0.05) is 30.1 Å². The van der Waals surface area contributed by atoms with Crippen molar-refractivity contribution in [2.45, 2.75) is 12.2 Å². The predicted octanol–water partition coefficient (Wildman–Crippen LogP) is 4.27. The van der Waals surface area contributed by atoms with E-state index in [0.29, 0.717) is 5.56 Å². The summed E-state index contributed by atoms with van der Waals surface area (Å²) in [6.45, 7) is -0.000440. The van der Waals surface area contributed by atoms with Gasteiger partial charge in [0.15, 0.2) is 0 Å². The number of aromatic nitrogens is 4. The number of carbonyl (C=O) groups excluding carboxylic acids is 1. The molecule has 0 aliphatic carbocycles. The Balaban J connectivity index is 1.51. The minimum atomic E-state index is -4.77. The molecule has 0 spiro atoms. The quantitative estimate of drug-likeness (QED) is 0.387. The Hall–Kier alpha value is -4.35. The van der Waals surface area contributed by atoms with Crippen molar-refractivity contribution in [1.82, 2.24) is 25.4 Å². The molecule has 4 rings (SSSR count). The van der Waals surface area contributed by atoms with Gasteiger partial charge in [0.1, 0.15) is 5.82 Å². The minimum Gasteiger partial charge on any atom is -0.350 e. The molecule has 174 valence electrons. The Bertz CT molecular complexity index is 1260. The highest BCUT2D eigenvalue weighted by Gasteiger charge is 2.38. The molecular formula is C22H16F4N6O2. The van der Waals surface area contributed by atoms with Crippen LogP contribution < -0.4 is 10.6 Å². The second-order valence-corrected chi connectivity index (χ2v) is 7.01. The Morgan fingerprint density at radius 2 is 1.68 bits per heavy atom. The third-order valence-electron chi connectivity index (χ3n) is 4.67. The first-order chi connectivity index (χ1) is 16.3. The molecular weight excluding hydrogens is 456 g/mol. The number of nitrogens with one attached hydrogen (secondary N) is 2. The second-order valence-electron chi connectivity index (χ2n) is 7.01. The van der Waals surface area contributed by atoms with Crippen LogP contribution in [0.5, 0.6) is 0 Å². The summed E-state index contributed by atoms with van der Waals surface area (Å²) in [5.74, 6) is -2.63. The van der Waals surface area contributed by atoms with E-state index < -0.39 is 23.9 Å². The molecule has 0 fully saturated rings. The van der Waals surface area contributed by atoms with Gasteiger partial charge in [-0.1, -0.05) is 41.6 Å². The number of halogens is 4. The number of nitrogens with zero attached hydrogens (tertiary/aromatic N) is 4. The zero-order chi connectivity index (χ0) is 24.1.